The number of nitrogens with two attached hydrogens (primary N) is 1. The van der Waals surface area contributed by atoms with Gasteiger partial charge >= 0.3 is 0 Å². The molecule has 1 aliphatic rings. The van der Waals surface area contributed by atoms with Crippen LogP contribution in [0, 0.1) is 5.82 Å². The topological polar surface area (TPSA) is 114 Å². The van der Waals surface area contributed by atoms with Crippen molar-refractivity contribution in [2.75, 3.05) is 30.4 Å². The van der Waals surface area contributed by atoms with Gasteiger partial charge in [-0.3, -0.25) is 4.98 Å². The molecule has 1 unspecified atom stereocenters. The van der Waals surface area contributed by atoms with Crippen molar-refractivity contribution < 1.29 is 12.8 Å². The van der Waals surface area contributed by atoms with Gasteiger partial charge in [-0.1, -0.05) is 19.1 Å². The number of aromatic nitrogens is 3. The lowest BCUT2D eigenvalue weighted by Gasteiger charge is -2.33. The van der Waals surface area contributed by atoms with Crippen molar-refractivity contribution in [2.24, 2.45) is 0 Å². The number of pyridine rings is 1. The Morgan fingerprint density at radius 2 is 1.85 bits per heavy atom. The number of nitrogens with one attached hydrogen (secondary N) is 1. The van der Waals surface area contributed by atoms with Crippen LogP contribution in [0.5, 0.6) is 0 Å². The predicted molar refractivity (Wildman–Crippen MR) is 126 cm³/mol. The van der Waals surface area contributed by atoms with Gasteiger partial charge < -0.3 is 11.1 Å². The summed E-state index contributed by atoms with van der Waals surface area (Å²) >= 11 is 0. The second-order valence-corrected chi connectivity index (χ2v) is 10.3. The largest absolute Gasteiger partial charge is 0.383 e. The maximum Gasteiger partial charge on any atom is 0.211 e. The minimum absolute atomic E-state index is 0.105. The van der Waals surface area contributed by atoms with Crippen LogP contribution < -0.4 is 11.1 Å². The Hall–Kier alpha value is -3.11. The lowest BCUT2D eigenvalue weighted by atomic mass is 9.81. The summed E-state index contributed by atoms with van der Waals surface area (Å²) in [4.78, 5) is 12.9. The molecule has 3 aromatic rings. The molecule has 33 heavy (non-hydrogen) atoms. The van der Waals surface area contributed by atoms with E-state index in [1.165, 1.54) is 22.7 Å². The third kappa shape index (κ3) is 5.28. The zero-order valence-electron chi connectivity index (χ0n) is 18.6. The van der Waals surface area contributed by atoms with Gasteiger partial charge in [-0.15, -0.1) is 0 Å². The van der Waals surface area contributed by atoms with Crippen LogP contribution in [-0.2, 0) is 10.0 Å². The van der Waals surface area contributed by atoms with Gasteiger partial charge in [0.15, 0.2) is 0 Å². The maximum atomic E-state index is 13.5. The number of anilines is 3. The van der Waals surface area contributed by atoms with E-state index < -0.39 is 10.0 Å². The third-order valence-electron chi connectivity index (χ3n) is 6.11. The van der Waals surface area contributed by atoms with E-state index in [1.807, 2.05) is 13.0 Å². The van der Waals surface area contributed by atoms with Crippen molar-refractivity contribution in [3.8, 4) is 0 Å². The molecule has 2 aromatic heterocycles. The molecule has 4 rings (SSSR count). The number of piperidine rings is 1. The van der Waals surface area contributed by atoms with Gasteiger partial charge in [-0.25, -0.2) is 27.1 Å². The van der Waals surface area contributed by atoms with Crippen LogP contribution in [0.4, 0.5) is 21.8 Å². The summed E-state index contributed by atoms with van der Waals surface area (Å²) in [5.41, 5.74) is 9.30. The molecule has 1 aliphatic heterocycles. The Labute approximate surface area is 193 Å². The molecule has 1 saturated heterocycles. The summed E-state index contributed by atoms with van der Waals surface area (Å²) in [6.45, 7) is 2.91. The van der Waals surface area contributed by atoms with Crippen LogP contribution >= 0.6 is 0 Å². The monoisotopic (exact) mass is 470 g/mol. The molecular weight excluding hydrogens is 443 g/mol. The zero-order valence-corrected chi connectivity index (χ0v) is 19.4. The first-order chi connectivity index (χ1) is 15.7. The number of rotatable bonds is 6. The Morgan fingerprint density at radius 3 is 2.45 bits per heavy atom. The first kappa shape index (κ1) is 23.1. The van der Waals surface area contributed by atoms with Crippen LogP contribution in [0.15, 0.2) is 48.9 Å². The number of hydrogen-bond acceptors (Lipinski definition) is 7. The van der Waals surface area contributed by atoms with E-state index in [0.717, 1.165) is 16.7 Å². The molecule has 174 valence electrons. The summed E-state index contributed by atoms with van der Waals surface area (Å²) in [6, 6.07) is 8.33. The second-order valence-electron chi connectivity index (χ2n) is 8.32. The summed E-state index contributed by atoms with van der Waals surface area (Å²) < 4.78 is 38.9. The molecule has 0 saturated carbocycles. The summed E-state index contributed by atoms with van der Waals surface area (Å²) in [6.07, 6.45) is 7.34. The van der Waals surface area contributed by atoms with E-state index >= 15 is 0 Å². The van der Waals surface area contributed by atoms with Crippen LogP contribution in [-0.4, -0.2) is 47.0 Å². The molecule has 0 radical (unpaired) electrons. The molecule has 0 aliphatic carbocycles. The molecule has 3 heterocycles. The van der Waals surface area contributed by atoms with Gasteiger partial charge in [0.05, 0.1) is 12.5 Å². The van der Waals surface area contributed by atoms with E-state index in [9.17, 15) is 12.8 Å². The minimum Gasteiger partial charge on any atom is -0.383 e. The van der Waals surface area contributed by atoms with Gasteiger partial charge in [-0.2, -0.15) is 0 Å². The molecule has 1 aromatic carbocycles. The average Bonchev–Trinajstić information content (AvgIpc) is 2.79. The van der Waals surface area contributed by atoms with Crippen LogP contribution in [0.2, 0.25) is 0 Å². The highest BCUT2D eigenvalue weighted by atomic mass is 32.2. The highest BCUT2D eigenvalue weighted by Gasteiger charge is 2.30. The standard InChI is InChI=1S/C23H27FN6O2S/c1-15(16-3-5-18(24)6-4-16)22-19(17-7-11-30(12-8-17)33(2,31)32)13-20(29-23(22)25)28-21-14-26-9-10-27-21/h3-6,9-10,13-15,17H,7-8,11-12H2,1-2H3,(H3,25,27,28,29). The molecule has 8 nitrogen and oxygen atoms in total. The highest BCUT2D eigenvalue weighted by molar-refractivity contribution is 7.88. The van der Waals surface area contributed by atoms with E-state index in [4.69, 9.17) is 5.73 Å². The van der Waals surface area contributed by atoms with E-state index in [0.29, 0.717) is 43.4 Å². The van der Waals surface area contributed by atoms with Crippen LogP contribution in [0.1, 0.15) is 48.3 Å². The van der Waals surface area contributed by atoms with Crippen LogP contribution in [0.25, 0.3) is 0 Å². The molecule has 10 heteroatoms. The zero-order chi connectivity index (χ0) is 23.6. The number of benzene rings is 1. The fourth-order valence-electron chi connectivity index (χ4n) is 4.38. The smallest absolute Gasteiger partial charge is 0.211 e. The second kappa shape index (κ2) is 9.40. The molecule has 1 fully saturated rings. The van der Waals surface area contributed by atoms with Gasteiger partial charge in [0.2, 0.25) is 10.0 Å². The number of nitrogen functional groups attached to an aromatic ring is 1. The number of sulfonamides is 1. The van der Waals surface area contributed by atoms with Crippen molar-refractivity contribution in [1.82, 2.24) is 19.3 Å². The summed E-state index contributed by atoms with van der Waals surface area (Å²) in [5.74, 6) is 1.15. The maximum absolute atomic E-state index is 13.5. The quantitative estimate of drug-likeness (QED) is 0.565. The Balaban J connectivity index is 1.72. The third-order valence-corrected chi connectivity index (χ3v) is 7.41. The minimum atomic E-state index is -3.23. The van der Waals surface area contributed by atoms with E-state index in [2.05, 4.69) is 20.3 Å². The molecule has 0 spiro atoms. The average molecular weight is 471 g/mol. The van der Waals surface area contributed by atoms with Crippen molar-refractivity contribution in [2.45, 2.75) is 31.6 Å². The number of hydrogen-bond donors (Lipinski definition) is 2. The molecule has 0 bridgehead atoms. The fraction of sp³-hybridized carbons (Fsp3) is 0.348. The SMILES string of the molecule is CC(c1ccc(F)cc1)c1c(C2CCN(S(C)(=O)=O)CC2)cc(Nc2cnccn2)nc1N. The Morgan fingerprint density at radius 1 is 1.15 bits per heavy atom. The Bertz CT molecular complexity index is 1210. The van der Waals surface area contributed by atoms with Crippen molar-refractivity contribution in [1.29, 1.82) is 0 Å². The van der Waals surface area contributed by atoms with Gasteiger partial charge in [0.25, 0.3) is 0 Å². The highest BCUT2D eigenvalue weighted by Crippen LogP contribution is 2.40. The number of nitrogens with zero attached hydrogens (tertiary/aromatic N) is 4. The predicted octanol–water partition coefficient (Wildman–Crippen LogP) is 3.63. The van der Waals surface area contributed by atoms with Gasteiger partial charge in [-0.05, 0) is 48.1 Å². The molecular formula is C23H27FN6O2S. The van der Waals surface area contributed by atoms with Crippen LogP contribution in [0.3, 0.4) is 0 Å². The fourth-order valence-corrected chi connectivity index (χ4v) is 5.25. The lowest BCUT2D eigenvalue weighted by Crippen LogP contribution is -2.37. The summed E-state index contributed by atoms with van der Waals surface area (Å²) in [5, 5.41) is 3.15. The van der Waals surface area contributed by atoms with E-state index in [-0.39, 0.29) is 17.7 Å². The van der Waals surface area contributed by atoms with Gasteiger partial charge in [0, 0.05) is 37.0 Å². The lowest BCUT2D eigenvalue weighted by molar-refractivity contribution is 0.320. The normalized spacial score (nSPS) is 16.5. The number of halogens is 1. The first-order valence-corrected chi connectivity index (χ1v) is 12.6. The van der Waals surface area contributed by atoms with Crippen molar-refractivity contribution in [3.63, 3.8) is 0 Å². The molecule has 1 atom stereocenters. The van der Waals surface area contributed by atoms with Gasteiger partial charge in [0.1, 0.15) is 23.3 Å². The van der Waals surface area contributed by atoms with Crippen molar-refractivity contribution >= 4 is 27.5 Å². The van der Waals surface area contributed by atoms with E-state index in [1.54, 1.807) is 30.7 Å². The Kier molecular flexibility index (Phi) is 6.57. The first-order valence-electron chi connectivity index (χ1n) is 10.8. The van der Waals surface area contributed by atoms with Crippen molar-refractivity contribution in [3.05, 3.63) is 71.4 Å². The molecule has 0 amide bonds. The molecule has 3 N–H and O–H groups in total. The summed E-state index contributed by atoms with van der Waals surface area (Å²) in [7, 11) is -3.23.